The van der Waals surface area contributed by atoms with Crippen molar-refractivity contribution in [1.29, 1.82) is 0 Å². The zero-order valence-electron chi connectivity index (χ0n) is 56.0. The van der Waals surface area contributed by atoms with Crippen LogP contribution in [0.4, 0.5) is 0 Å². The summed E-state index contributed by atoms with van der Waals surface area (Å²) in [7, 11) is 0. The van der Waals surface area contributed by atoms with E-state index in [-0.39, 0.29) is 30.1 Å². The first-order valence-corrected chi connectivity index (χ1v) is 37.0. The summed E-state index contributed by atoms with van der Waals surface area (Å²) in [5.41, 5.74) is 0. The standard InChI is InChI=1S/C38H74O4.C36H70O4/c1-4-7-9-11-12-13-14-15-16-17-18-19-24-27-31-35-38(40)42-36(32-28-10-8-5-2)33-29-25-22-20-21-23-26-30-34-37(39)41-6-3;1-3-5-7-9-10-11-12-13-14-15-16-17-22-25-29-33-36(39)40-34(30-26-8-6-4-2)31-27-23-20-18-19-21-24-28-32-35(37)38/h36H,4-35H2,1-3H3;34H,3-33H2,1-2H3,(H,37,38). The minimum absolute atomic E-state index is 0.0246. The normalized spacial score (nSPS) is 12.0. The Morgan fingerprint density at radius 3 is 0.646 bits per heavy atom. The molecule has 0 bridgehead atoms. The number of carbonyl (C=O) groups is 4. The van der Waals surface area contributed by atoms with Gasteiger partial charge < -0.3 is 19.3 Å². The van der Waals surface area contributed by atoms with Gasteiger partial charge in [-0.15, -0.1) is 0 Å². The molecular formula is C74H144O8. The van der Waals surface area contributed by atoms with E-state index in [1.165, 1.54) is 276 Å². The van der Waals surface area contributed by atoms with E-state index in [4.69, 9.17) is 19.3 Å². The van der Waals surface area contributed by atoms with E-state index in [1.807, 2.05) is 6.92 Å². The zero-order valence-corrected chi connectivity index (χ0v) is 56.0. The van der Waals surface area contributed by atoms with Crippen molar-refractivity contribution in [2.45, 2.75) is 445 Å². The minimum Gasteiger partial charge on any atom is -0.481 e. The second-order valence-electron chi connectivity index (χ2n) is 25.3. The number of rotatable bonds is 67. The van der Waals surface area contributed by atoms with Crippen LogP contribution >= 0.6 is 0 Å². The third-order valence-corrected chi connectivity index (χ3v) is 17.0. The van der Waals surface area contributed by atoms with Crippen molar-refractivity contribution in [2.75, 3.05) is 6.61 Å². The molecule has 0 amide bonds. The largest absolute Gasteiger partial charge is 0.481 e. The highest BCUT2D eigenvalue weighted by molar-refractivity contribution is 5.70. The van der Waals surface area contributed by atoms with Crippen molar-refractivity contribution >= 4 is 23.9 Å². The molecular weight excluding hydrogens is 1020 g/mol. The molecule has 8 nitrogen and oxygen atoms in total. The minimum atomic E-state index is -0.681. The van der Waals surface area contributed by atoms with Crippen molar-refractivity contribution < 1.29 is 38.5 Å². The van der Waals surface area contributed by atoms with E-state index < -0.39 is 5.97 Å². The number of hydrogen-bond acceptors (Lipinski definition) is 7. The van der Waals surface area contributed by atoms with Gasteiger partial charge in [0.1, 0.15) is 12.2 Å². The second kappa shape index (κ2) is 71.4. The van der Waals surface area contributed by atoms with E-state index in [0.29, 0.717) is 32.3 Å². The maximum absolute atomic E-state index is 12.6. The van der Waals surface area contributed by atoms with E-state index in [1.54, 1.807) is 0 Å². The molecule has 0 aliphatic rings. The van der Waals surface area contributed by atoms with E-state index in [9.17, 15) is 19.2 Å². The van der Waals surface area contributed by atoms with Crippen LogP contribution in [0.1, 0.15) is 433 Å². The molecule has 0 spiro atoms. The summed E-state index contributed by atoms with van der Waals surface area (Å²) in [6, 6.07) is 0. The van der Waals surface area contributed by atoms with Gasteiger partial charge in [0.25, 0.3) is 0 Å². The Kier molecular flexibility index (Phi) is 71.3. The first kappa shape index (κ1) is 81.9. The van der Waals surface area contributed by atoms with Crippen molar-refractivity contribution in [3.8, 4) is 0 Å². The molecule has 0 fully saturated rings. The third-order valence-electron chi connectivity index (χ3n) is 17.0. The van der Waals surface area contributed by atoms with Crippen LogP contribution in [0.2, 0.25) is 0 Å². The number of ether oxygens (including phenoxy) is 3. The summed E-state index contributed by atoms with van der Waals surface area (Å²) in [4.78, 5) is 47.0. The number of unbranched alkanes of at least 4 members (excludes halogenated alkanes) is 48. The number of carboxylic acid groups (broad SMARTS) is 1. The predicted octanol–water partition coefficient (Wildman–Crippen LogP) is 24.7. The lowest BCUT2D eigenvalue weighted by atomic mass is 10.0. The van der Waals surface area contributed by atoms with E-state index in [0.717, 1.165) is 96.3 Å². The van der Waals surface area contributed by atoms with Crippen LogP contribution in [0, 0.1) is 0 Å². The Bertz CT molecular complexity index is 1290. The average Bonchev–Trinajstić information content (AvgIpc) is 3.46. The van der Waals surface area contributed by atoms with Crippen LogP contribution in [0.5, 0.6) is 0 Å². The van der Waals surface area contributed by atoms with Gasteiger partial charge in [-0.1, -0.05) is 323 Å². The monoisotopic (exact) mass is 1160 g/mol. The molecule has 0 aliphatic carbocycles. The van der Waals surface area contributed by atoms with Crippen molar-refractivity contribution in [1.82, 2.24) is 0 Å². The molecule has 2 atom stereocenters. The second-order valence-corrected chi connectivity index (χ2v) is 25.3. The highest BCUT2D eigenvalue weighted by Crippen LogP contribution is 2.22. The van der Waals surface area contributed by atoms with Crippen LogP contribution in [0.15, 0.2) is 0 Å². The fourth-order valence-corrected chi connectivity index (χ4v) is 11.5. The van der Waals surface area contributed by atoms with Gasteiger partial charge in [-0.3, -0.25) is 19.2 Å². The van der Waals surface area contributed by atoms with E-state index in [2.05, 4.69) is 27.7 Å². The lowest BCUT2D eigenvalue weighted by Crippen LogP contribution is -2.18. The van der Waals surface area contributed by atoms with Crippen LogP contribution in [-0.4, -0.2) is 47.8 Å². The van der Waals surface area contributed by atoms with Gasteiger partial charge >= 0.3 is 23.9 Å². The lowest BCUT2D eigenvalue weighted by molar-refractivity contribution is -0.151. The zero-order chi connectivity index (χ0) is 60.1. The quantitative estimate of drug-likeness (QED) is 0.0364. The highest BCUT2D eigenvalue weighted by atomic mass is 16.5. The smallest absolute Gasteiger partial charge is 0.306 e. The molecule has 0 saturated carbocycles. The lowest BCUT2D eigenvalue weighted by Gasteiger charge is -2.18. The average molecular weight is 1160 g/mol. The fraction of sp³-hybridized carbons (Fsp3) is 0.946. The third kappa shape index (κ3) is 70.4. The fourth-order valence-electron chi connectivity index (χ4n) is 11.5. The number of carboxylic acids is 1. The number of esters is 3. The molecule has 488 valence electrons. The molecule has 82 heavy (non-hydrogen) atoms. The van der Waals surface area contributed by atoms with Gasteiger partial charge in [0.15, 0.2) is 0 Å². The summed E-state index contributed by atoms with van der Waals surface area (Å²) in [6.07, 6.45) is 75.0. The Morgan fingerprint density at radius 2 is 0.427 bits per heavy atom. The number of hydrogen-bond donors (Lipinski definition) is 1. The molecule has 1 N–H and O–H groups in total. The summed E-state index contributed by atoms with van der Waals surface area (Å²) in [6.45, 7) is 11.4. The summed E-state index contributed by atoms with van der Waals surface area (Å²) < 4.78 is 16.9. The Hall–Kier alpha value is -2.12. The van der Waals surface area contributed by atoms with Gasteiger partial charge in [-0.2, -0.15) is 0 Å². The topological polar surface area (TPSA) is 116 Å². The number of carbonyl (C=O) groups excluding carboxylic acids is 3. The summed E-state index contributed by atoms with van der Waals surface area (Å²) in [5.74, 6) is -0.679. The molecule has 0 aromatic heterocycles. The summed E-state index contributed by atoms with van der Waals surface area (Å²) in [5, 5.41) is 8.70. The maximum Gasteiger partial charge on any atom is 0.306 e. The SMILES string of the molecule is CCCCCCCCCCCCCCCCCC(=O)OC(CCCCCC)CCCCCCCCCCC(=O)O.CCCCCCCCCCCCCCCCCC(=O)OC(CCCCCC)CCCCCCCCCCC(=O)OCC. The number of aliphatic carboxylic acids is 1. The highest BCUT2D eigenvalue weighted by Gasteiger charge is 2.16. The molecule has 8 heteroatoms. The van der Waals surface area contributed by atoms with Crippen molar-refractivity contribution in [2.24, 2.45) is 0 Å². The van der Waals surface area contributed by atoms with Crippen LogP contribution in [-0.2, 0) is 33.4 Å². The van der Waals surface area contributed by atoms with Gasteiger partial charge in [0.05, 0.1) is 6.61 Å². The van der Waals surface area contributed by atoms with E-state index >= 15 is 0 Å². The van der Waals surface area contributed by atoms with Crippen molar-refractivity contribution in [3.05, 3.63) is 0 Å². The molecule has 0 radical (unpaired) electrons. The molecule has 0 aliphatic heterocycles. The molecule has 0 aromatic carbocycles. The Morgan fingerprint density at radius 1 is 0.244 bits per heavy atom. The molecule has 0 aromatic rings. The van der Waals surface area contributed by atoms with Gasteiger partial charge in [-0.25, -0.2) is 0 Å². The van der Waals surface area contributed by atoms with Crippen LogP contribution < -0.4 is 0 Å². The maximum atomic E-state index is 12.6. The molecule has 0 heterocycles. The Balaban J connectivity index is 0. The van der Waals surface area contributed by atoms with Crippen LogP contribution in [0.3, 0.4) is 0 Å². The molecule has 0 rings (SSSR count). The predicted molar refractivity (Wildman–Crippen MR) is 353 cm³/mol. The van der Waals surface area contributed by atoms with Crippen LogP contribution in [0.25, 0.3) is 0 Å². The van der Waals surface area contributed by atoms with Gasteiger partial charge in [-0.05, 0) is 84.0 Å². The van der Waals surface area contributed by atoms with Gasteiger partial charge in [0.2, 0.25) is 0 Å². The first-order chi connectivity index (χ1) is 40.2. The van der Waals surface area contributed by atoms with Gasteiger partial charge in [0, 0.05) is 25.7 Å². The molecule has 0 saturated heterocycles. The Labute approximate surface area is 511 Å². The summed E-state index contributed by atoms with van der Waals surface area (Å²) >= 11 is 0. The molecule has 2 unspecified atom stereocenters. The first-order valence-electron chi connectivity index (χ1n) is 37.0. The van der Waals surface area contributed by atoms with Crippen molar-refractivity contribution in [3.63, 3.8) is 0 Å².